The molecule has 4 heteroatoms. The molecule has 0 unspecified atom stereocenters. The summed E-state index contributed by atoms with van der Waals surface area (Å²) in [4.78, 5) is 10.9. The molecule has 1 rings (SSSR count). The van der Waals surface area contributed by atoms with Gasteiger partial charge < -0.3 is 15.3 Å². The quantitative estimate of drug-likeness (QED) is 0.747. The maximum absolute atomic E-state index is 11.4. The number of benzene rings is 1. The number of aromatic hydroxyl groups is 1. The van der Waals surface area contributed by atoms with Crippen molar-refractivity contribution in [3.05, 3.63) is 23.3 Å². The second kappa shape index (κ2) is 5.39. The number of carbonyl (C=O) groups is 1. The first-order valence-electron chi connectivity index (χ1n) is 5.32. The Morgan fingerprint density at radius 2 is 2.06 bits per heavy atom. The van der Waals surface area contributed by atoms with Gasteiger partial charge in [0, 0.05) is 0 Å². The number of hydrogen-bond donors (Lipinski definition) is 2. The van der Waals surface area contributed by atoms with Gasteiger partial charge in [-0.25, -0.2) is 4.79 Å². The number of aromatic carboxylic acids is 1. The van der Waals surface area contributed by atoms with Crippen molar-refractivity contribution < 1.29 is 20.1 Å². The summed E-state index contributed by atoms with van der Waals surface area (Å²) >= 11 is 0. The molecular formula is C12H15O4-. The van der Waals surface area contributed by atoms with E-state index in [1.165, 1.54) is 6.07 Å². The highest BCUT2D eigenvalue weighted by Crippen LogP contribution is 2.26. The number of rotatable bonds is 5. The van der Waals surface area contributed by atoms with Crippen molar-refractivity contribution in [2.24, 2.45) is 0 Å². The molecule has 0 heterocycles. The summed E-state index contributed by atoms with van der Waals surface area (Å²) in [6.45, 7) is 2.04. The third-order valence-electron chi connectivity index (χ3n) is 2.43. The summed E-state index contributed by atoms with van der Waals surface area (Å²) in [7, 11) is 0. The number of carboxylic acid groups (broad SMARTS) is 1. The zero-order chi connectivity index (χ0) is 12.1. The van der Waals surface area contributed by atoms with Gasteiger partial charge in [-0.2, -0.15) is 0 Å². The van der Waals surface area contributed by atoms with Gasteiger partial charge in [-0.05, 0) is 30.5 Å². The van der Waals surface area contributed by atoms with E-state index in [1.807, 2.05) is 6.92 Å². The van der Waals surface area contributed by atoms with Gasteiger partial charge in [0.05, 0.1) is 5.56 Å². The van der Waals surface area contributed by atoms with Crippen LogP contribution in [0.1, 0.15) is 42.1 Å². The van der Waals surface area contributed by atoms with Crippen LogP contribution in [0.15, 0.2) is 12.1 Å². The Hall–Kier alpha value is -1.71. The lowest BCUT2D eigenvalue weighted by Crippen LogP contribution is -2.08. The Bertz CT molecular complexity index is 385. The molecule has 0 fully saturated rings. The molecule has 0 amide bonds. The Balaban J connectivity index is 2.99. The van der Waals surface area contributed by atoms with E-state index in [-0.39, 0.29) is 11.3 Å². The molecule has 0 radical (unpaired) electrons. The molecule has 88 valence electrons. The Kier molecular flexibility index (Phi) is 4.17. The van der Waals surface area contributed by atoms with Gasteiger partial charge in [0.15, 0.2) is 0 Å². The van der Waals surface area contributed by atoms with Gasteiger partial charge in [0.25, 0.3) is 0 Å². The summed E-state index contributed by atoms with van der Waals surface area (Å²) in [6, 6.07) is 2.30. The summed E-state index contributed by atoms with van der Waals surface area (Å²) in [5.41, 5.74) is 0.208. The average Bonchev–Trinajstić information content (AvgIpc) is 2.16. The monoisotopic (exact) mass is 223 g/mol. The highest BCUT2D eigenvalue weighted by molar-refractivity contribution is 5.92. The summed E-state index contributed by atoms with van der Waals surface area (Å²) < 4.78 is 0. The highest BCUT2D eigenvalue weighted by Gasteiger charge is 2.11. The van der Waals surface area contributed by atoms with Crippen molar-refractivity contribution in [1.29, 1.82) is 0 Å². The van der Waals surface area contributed by atoms with Gasteiger partial charge in [-0.3, -0.25) is 0 Å². The fourth-order valence-corrected chi connectivity index (χ4v) is 1.66. The molecule has 4 nitrogen and oxygen atoms in total. The third kappa shape index (κ3) is 2.89. The van der Waals surface area contributed by atoms with Gasteiger partial charge in [-0.1, -0.05) is 25.5 Å². The minimum Gasteiger partial charge on any atom is -0.872 e. The standard InChI is InChI=1S/C12H16O4/c1-2-3-4-5-8-6-9(13)7-10(14)11(8)12(15)16/h6-7,13-14H,2-5H2,1H3,(H,15,16)/p-1. The first-order valence-corrected chi connectivity index (χ1v) is 5.32. The zero-order valence-corrected chi connectivity index (χ0v) is 9.19. The second-order valence-electron chi connectivity index (χ2n) is 3.74. The second-order valence-corrected chi connectivity index (χ2v) is 3.74. The fourth-order valence-electron chi connectivity index (χ4n) is 1.66. The minimum atomic E-state index is -1.23. The predicted octanol–water partition coefficient (Wildman–Crippen LogP) is 1.90. The molecule has 0 saturated carbocycles. The SMILES string of the molecule is CCCCCc1cc(O)cc([O-])c1C(=O)O. The normalized spacial score (nSPS) is 10.3. The van der Waals surface area contributed by atoms with Crippen LogP contribution in [0.25, 0.3) is 0 Å². The van der Waals surface area contributed by atoms with Crippen LogP contribution in [0.4, 0.5) is 0 Å². The minimum absolute atomic E-state index is 0.165. The number of phenolic OH excluding ortho intramolecular Hbond substituents is 1. The van der Waals surface area contributed by atoms with E-state index in [9.17, 15) is 15.0 Å². The smallest absolute Gasteiger partial charge is 0.335 e. The molecule has 0 aliphatic carbocycles. The van der Waals surface area contributed by atoms with Gasteiger partial charge in [0.1, 0.15) is 5.75 Å². The molecule has 1 aromatic carbocycles. The van der Waals surface area contributed by atoms with Crippen LogP contribution in [0.5, 0.6) is 11.5 Å². The average molecular weight is 223 g/mol. The number of unbranched alkanes of at least 4 members (excludes halogenated alkanes) is 2. The van der Waals surface area contributed by atoms with Crippen molar-refractivity contribution in [2.45, 2.75) is 32.6 Å². The molecule has 0 aliphatic rings. The van der Waals surface area contributed by atoms with E-state index in [0.717, 1.165) is 25.3 Å². The number of hydrogen-bond acceptors (Lipinski definition) is 3. The molecule has 0 spiro atoms. The van der Waals surface area contributed by atoms with E-state index in [2.05, 4.69) is 0 Å². The van der Waals surface area contributed by atoms with Crippen LogP contribution in [0.2, 0.25) is 0 Å². The highest BCUT2D eigenvalue weighted by atomic mass is 16.4. The van der Waals surface area contributed by atoms with Crippen molar-refractivity contribution in [2.75, 3.05) is 0 Å². The number of aryl methyl sites for hydroxylation is 1. The van der Waals surface area contributed by atoms with Crippen molar-refractivity contribution in [3.63, 3.8) is 0 Å². The lowest BCUT2D eigenvalue weighted by molar-refractivity contribution is -0.269. The summed E-state index contributed by atoms with van der Waals surface area (Å²) in [6.07, 6.45) is 3.33. The van der Waals surface area contributed by atoms with Crippen molar-refractivity contribution >= 4 is 5.97 Å². The first kappa shape index (κ1) is 12.4. The Labute approximate surface area is 94.2 Å². The van der Waals surface area contributed by atoms with Crippen LogP contribution in [0, 0.1) is 0 Å². The molecule has 1 aromatic rings. The van der Waals surface area contributed by atoms with Gasteiger partial charge in [0.2, 0.25) is 0 Å². The lowest BCUT2D eigenvalue weighted by atomic mass is 10.00. The molecule has 0 atom stereocenters. The van der Waals surface area contributed by atoms with Crippen molar-refractivity contribution in [1.82, 2.24) is 0 Å². The van der Waals surface area contributed by atoms with E-state index in [0.29, 0.717) is 12.0 Å². The largest absolute Gasteiger partial charge is 0.872 e. The lowest BCUT2D eigenvalue weighted by Gasteiger charge is -2.15. The van der Waals surface area contributed by atoms with Crippen LogP contribution in [0.3, 0.4) is 0 Å². The Morgan fingerprint density at radius 1 is 1.38 bits per heavy atom. The van der Waals surface area contributed by atoms with Crippen molar-refractivity contribution in [3.8, 4) is 11.5 Å². The third-order valence-corrected chi connectivity index (χ3v) is 2.43. The van der Waals surface area contributed by atoms with E-state index in [4.69, 9.17) is 5.11 Å². The fraction of sp³-hybridized carbons (Fsp3) is 0.417. The maximum atomic E-state index is 11.4. The molecule has 0 saturated heterocycles. The maximum Gasteiger partial charge on any atom is 0.335 e. The molecule has 2 N–H and O–H groups in total. The molecule has 0 bridgehead atoms. The van der Waals surface area contributed by atoms with Gasteiger partial charge in [-0.15, -0.1) is 0 Å². The van der Waals surface area contributed by atoms with E-state index in [1.54, 1.807) is 0 Å². The van der Waals surface area contributed by atoms with Crippen LogP contribution in [-0.2, 0) is 6.42 Å². The summed E-state index contributed by atoms with van der Waals surface area (Å²) in [5, 5.41) is 29.6. The predicted molar refractivity (Wildman–Crippen MR) is 57.7 cm³/mol. The topological polar surface area (TPSA) is 80.6 Å². The van der Waals surface area contributed by atoms with Gasteiger partial charge >= 0.3 is 5.97 Å². The molecular weight excluding hydrogens is 208 g/mol. The molecule has 16 heavy (non-hydrogen) atoms. The Morgan fingerprint density at radius 3 is 2.62 bits per heavy atom. The van der Waals surface area contributed by atoms with Crippen LogP contribution < -0.4 is 5.11 Å². The van der Waals surface area contributed by atoms with Crippen LogP contribution in [-0.4, -0.2) is 16.2 Å². The zero-order valence-electron chi connectivity index (χ0n) is 9.19. The van der Waals surface area contributed by atoms with E-state index < -0.39 is 11.7 Å². The molecule has 0 aromatic heterocycles. The molecule has 0 aliphatic heterocycles. The van der Waals surface area contributed by atoms with E-state index >= 15 is 0 Å². The number of carboxylic acids is 1. The van der Waals surface area contributed by atoms with Crippen LogP contribution >= 0.6 is 0 Å². The first-order chi connectivity index (χ1) is 7.56. The summed E-state index contributed by atoms with van der Waals surface area (Å²) in [5.74, 6) is -2.02. The number of phenols is 1.